The van der Waals surface area contributed by atoms with E-state index in [0.717, 1.165) is 0 Å². The third-order valence-corrected chi connectivity index (χ3v) is 2.83. The number of benzene rings is 1. The Balaban J connectivity index is 2.61. The number of fused-ring (bicyclic) bond motifs is 1. The molecule has 0 spiro atoms. The average molecular weight is 274 g/mol. The largest absolute Gasteiger partial charge is 0.466 e. The molecule has 6 heteroatoms. The van der Waals surface area contributed by atoms with Crippen molar-refractivity contribution in [2.24, 2.45) is 7.05 Å². The van der Waals surface area contributed by atoms with Crippen LogP contribution in [0.25, 0.3) is 17.0 Å². The van der Waals surface area contributed by atoms with Gasteiger partial charge in [-0.05, 0) is 17.7 Å². The predicted octanol–water partition coefficient (Wildman–Crippen LogP) is 1.55. The lowest BCUT2D eigenvalue weighted by Gasteiger charge is -2.05. The molecule has 1 aromatic carbocycles. The molecule has 0 aliphatic carbocycles. The van der Waals surface area contributed by atoms with E-state index < -0.39 is 11.9 Å². The van der Waals surface area contributed by atoms with Crippen molar-refractivity contribution in [2.45, 2.75) is 0 Å². The summed E-state index contributed by atoms with van der Waals surface area (Å²) in [4.78, 5) is 23.1. The normalized spacial score (nSPS) is 10.9. The van der Waals surface area contributed by atoms with Crippen molar-refractivity contribution in [1.29, 1.82) is 0 Å². The lowest BCUT2D eigenvalue weighted by atomic mass is 10.0. The Kier molecular flexibility index (Phi) is 3.84. The molecule has 0 atom stereocenters. The fraction of sp³-hybridized carbons (Fsp3) is 0.214. The minimum atomic E-state index is -0.493. The van der Waals surface area contributed by atoms with Crippen molar-refractivity contribution in [3.8, 4) is 0 Å². The minimum absolute atomic E-state index is 0.373. The summed E-state index contributed by atoms with van der Waals surface area (Å²) >= 11 is 0. The topological polar surface area (TPSA) is 70.4 Å². The van der Waals surface area contributed by atoms with Crippen LogP contribution in [-0.2, 0) is 21.3 Å². The minimum Gasteiger partial charge on any atom is -0.466 e. The maximum atomic E-state index is 12.0. The van der Waals surface area contributed by atoms with E-state index in [1.54, 1.807) is 30.1 Å². The third-order valence-electron chi connectivity index (χ3n) is 2.83. The van der Waals surface area contributed by atoms with Gasteiger partial charge in [0.2, 0.25) is 0 Å². The highest BCUT2D eigenvalue weighted by Crippen LogP contribution is 2.23. The average Bonchev–Trinajstić information content (AvgIpc) is 2.83. The quantitative estimate of drug-likeness (QED) is 0.627. The van der Waals surface area contributed by atoms with Gasteiger partial charge in [-0.2, -0.15) is 5.10 Å². The van der Waals surface area contributed by atoms with Crippen LogP contribution in [0.4, 0.5) is 0 Å². The number of nitrogens with zero attached hydrogens (tertiary/aromatic N) is 2. The summed E-state index contributed by atoms with van der Waals surface area (Å²) in [5, 5.41) is 4.91. The number of aromatic nitrogens is 2. The second kappa shape index (κ2) is 5.56. The number of carbonyl (C=O) groups excluding carboxylic acids is 2. The Hall–Kier alpha value is -2.63. The zero-order valence-electron chi connectivity index (χ0n) is 11.4. The van der Waals surface area contributed by atoms with Gasteiger partial charge in [0.15, 0.2) is 0 Å². The number of hydrogen-bond acceptors (Lipinski definition) is 5. The first-order valence-electron chi connectivity index (χ1n) is 5.87. The molecule has 0 bridgehead atoms. The van der Waals surface area contributed by atoms with Crippen LogP contribution in [0.5, 0.6) is 0 Å². The molecule has 0 amide bonds. The van der Waals surface area contributed by atoms with Crippen LogP contribution in [-0.4, -0.2) is 35.9 Å². The monoisotopic (exact) mass is 274 g/mol. The predicted molar refractivity (Wildman–Crippen MR) is 73.1 cm³/mol. The number of methoxy groups -OCH3 is 2. The molecule has 0 saturated carbocycles. The van der Waals surface area contributed by atoms with E-state index in [0.29, 0.717) is 22.0 Å². The maximum Gasteiger partial charge on any atom is 0.339 e. The van der Waals surface area contributed by atoms with Crippen LogP contribution in [0.1, 0.15) is 15.9 Å². The molecule has 2 aromatic rings. The van der Waals surface area contributed by atoms with Crippen molar-refractivity contribution >= 4 is 28.9 Å². The lowest BCUT2D eigenvalue weighted by Crippen LogP contribution is -2.04. The van der Waals surface area contributed by atoms with Gasteiger partial charge in [-0.1, -0.05) is 6.07 Å². The highest BCUT2D eigenvalue weighted by atomic mass is 16.5. The molecule has 0 fully saturated rings. The number of aryl methyl sites for hydroxylation is 1. The van der Waals surface area contributed by atoms with E-state index in [-0.39, 0.29) is 0 Å². The van der Waals surface area contributed by atoms with Crippen molar-refractivity contribution < 1.29 is 19.1 Å². The number of hydrogen-bond donors (Lipinski definition) is 0. The molecule has 0 N–H and O–H groups in total. The Morgan fingerprint density at radius 3 is 2.65 bits per heavy atom. The summed E-state index contributed by atoms with van der Waals surface area (Å²) < 4.78 is 10.9. The van der Waals surface area contributed by atoms with E-state index >= 15 is 0 Å². The van der Waals surface area contributed by atoms with E-state index in [1.165, 1.54) is 26.4 Å². The van der Waals surface area contributed by atoms with Crippen LogP contribution in [0.15, 0.2) is 24.4 Å². The zero-order chi connectivity index (χ0) is 14.7. The molecule has 1 heterocycles. The number of rotatable bonds is 3. The van der Waals surface area contributed by atoms with Gasteiger partial charge < -0.3 is 9.47 Å². The van der Waals surface area contributed by atoms with Crippen LogP contribution in [0, 0.1) is 0 Å². The van der Waals surface area contributed by atoms with Gasteiger partial charge in [-0.15, -0.1) is 0 Å². The first kappa shape index (κ1) is 13.8. The Labute approximate surface area is 115 Å². The number of ether oxygens (including phenoxy) is 2. The van der Waals surface area contributed by atoms with Crippen LogP contribution in [0.3, 0.4) is 0 Å². The van der Waals surface area contributed by atoms with Gasteiger partial charge in [-0.3, -0.25) is 4.68 Å². The second-order valence-corrected chi connectivity index (χ2v) is 4.11. The molecule has 0 unspecified atom stereocenters. The Bertz CT molecular complexity index is 701. The van der Waals surface area contributed by atoms with E-state index in [9.17, 15) is 9.59 Å². The lowest BCUT2D eigenvalue weighted by molar-refractivity contribution is -0.134. The molecule has 104 valence electrons. The molecular weight excluding hydrogens is 260 g/mol. The van der Waals surface area contributed by atoms with Gasteiger partial charge in [-0.25, -0.2) is 9.59 Å². The summed E-state index contributed by atoms with van der Waals surface area (Å²) in [6.07, 6.45) is 4.51. The van der Waals surface area contributed by atoms with Gasteiger partial charge in [0, 0.05) is 24.7 Å². The fourth-order valence-electron chi connectivity index (χ4n) is 1.92. The van der Waals surface area contributed by atoms with E-state index in [2.05, 4.69) is 9.84 Å². The fourth-order valence-corrected chi connectivity index (χ4v) is 1.92. The SMILES string of the molecule is COC(=O)C=Cc1ccc2nn(C)cc2c1C(=O)OC. The van der Waals surface area contributed by atoms with E-state index in [1.807, 2.05) is 0 Å². The standard InChI is InChI=1S/C14H14N2O4/c1-16-8-10-11(15-16)6-4-9(5-7-12(17)19-2)13(10)14(18)20-3/h4-8H,1-3H3. The molecule has 2 rings (SSSR count). The Morgan fingerprint density at radius 1 is 1.25 bits per heavy atom. The Morgan fingerprint density at radius 2 is 2.00 bits per heavy atom. The second-order valence-electron chi connectivity index (χ2n) is 4.11. The van der Waals surface area contributed by atoms with Crippen molar-refractivity contribution in [3.05, 3.63) is 35.5 Å². The van der Waals surface area contributed by atoms with Crippen molar-refractivity contribution in [2.75, 3.05) is 14.2 Å². The number of carbonyl (C=O) groups is 2. The van der Waals surface area contributed by atoms with Crippen molar-refractivity contribution in [3.63, 3.8) is 0 Å². The molecule has 20 heavy (non-hydrogen) atoms. The highest BCUT2D eigenvalue weighted by molar-refractivity contribution is 6.07. The van der Waals surface area contributed by atoms with E-state index in [4.69, 9.17) is 4.74 Å². The highest BCUT2D eigenvalue weighted by Gasteiger charge is 2.16. The van der Waals surface area contributed by atoms with Gasteiger partial charge in [0.25, 0.3) is 0 Å². The van der Waals surface area contributed by atoms with Gasteiger partial charge in [0.05, 0.1) is 25.3 Å². The molecule has 0 radical (unpaired) electrons. The number of esters is 2. The van der Waals surface area contributed by atoms with Gasteiger partial charge in [0.1, 0.15) is 0 Å². The van der Waals surface area contributed by atoms with Crippen LogP contribution >= 0.6 is 0 Å². The first-order chi connectivity index (χ1) is 9.56. The summed E-state index contributed by atoms with van der Waals surface area (Å²) in [5.41, 5.74) is 1.63. The molecule has 0 saturated heterocycles. The smallest absolute Gasteiger partial charge is 0.339 e. The molecular formula is C14H14N2O4. The summed E-state index contributed by atoms with van der Waals surface area (Å²) in [5.74, 6) is -0.972. The first-order valence-corrected chi connectivity index (χ1v) is 5.87. The maximum absolute atomic E-state index is 12.0. The van der Waals surface area contributed by atoms with Crippen LogP contribution in [0.2, 0.25) is 0 Å². The summed E-state index contributed by atoms with van der Waals surface area (Å²) in [6, 6.07) is 3.49. The zero-order valence-corrected chi connectivity index (χ0v) is 11.4. The molecule has 6 nitrogen and oxygen atoms in total. The van der Waals surface area contributed by atoms with Crippen molar-refractivity contribution in [1.82, 2.24) is 9.78 Å². The molecule has 0 aliphatic rings. The van der Waals surface area contributed by atoms with Crippen LogP contribution < -0.4 is 0 Å². The third kappa shape index (κ3) is 2.54. The summed E-state index contributed by atoms with van der Waals surface area (Å²) in [6.45, 7) is 0. The summed E-state index contributed by atoms with van der Waals surface area (Å²) in [7, 11) is 4.37. The molecule has 0 aliphatic heterocycles. The van der Waals surface area contributed by atoms with Gasteiger partial charge >= 0.3 is 11.9 Å². The molecule has 1 aromatic heterocycles.